The van der Waals surface area contributed by atoms with Crippen molar-refractivity contribution >= 4 is 5.96 Å². The zero-order valence-corrected chi connectivity index (χ0v) is 14.5. The van der Waals surface area contributed by atoms with Gasteiger partial charge >= 0.3 is 6.18 Å². The molecule has 1 aromatic heterocycles. The molecule has 0 saturated carbocycles. The zero-order valence-electron chi connectivity index (χ0n) is 14.5. The number of rotatable bonds is 5. The maximum atomic E-state index is 13.0. The van der Waals surface area contributed by atoms with Gasteiger partial charge in [-0.1, -0.05) is 31.2 Å². The molecule has 136 valence electrons. The molecule has 0 saturated heterocycles. The first-order valence-electron chi connectivity index (χ1n) is 7.96. The predicted octanol–water partition coefficient (Wildman–Crippen LogP) is 2.87. The Hall–Kier alpha value is -2.51. The highest BCUT2D eigenvalue weighted by Crippen LogP contribution is 2.30. The van der Waals surface area contributed by atoms with Gasteiger partial charge in [0.2, 0.25) is 0 Å². The average Bonchev–Trinajstić information content (AvgIpc) is 2.96. The van der Waals surface area contributed by atoms with Crippen LogP contribution in [-0.4, -0.2) is 22.8 Å². The smallest absolute Gasteiger partial charge is 0.352 e. The van der Waals surface area contributed by atoms with Crippen LogP contribution in [0.25, 0.3) is 0 Å². The van der Waals surface area contributed by atoms with E-state index in [0.717, 1.165) is 16.7 Å². The Bertz CT molecular complexity index is 734. The number of aryl methyl sites for hydroxylation is 2. The van der Waals surface area contributed by atoms with Crippen molar-refractivity contribution in [2.75, 3.05) is 7.05 Å². The first-order valence-corrected chi connectivity index (χ1v) is 7.96. The Morgan fingerprint density at radius 3 is 2.28 bits per heavy atom. The minimum absolute atomic E-state index is 0.0161. The third kappa shape index (κ3) is 4.98. The van der Waals surface area contributed by atoms with Gasteiger partial charge in [0.15, 0.2) is 11.7 Å². The molecule has 0 aliphatic heterocycles. The lowest BCUT2D eigenvalue weighted by Crippen LogP contribution is -2.36. The monoisotopic (exact) mass is 353 g/mol. The maximum absolute atomic E-state index is 13.0. The summed E-state index contributed by atoms with van der Waals surface area (Å²) >= 11 is 0. The van der Waals surface area contributed by atoms with Crippen LogP contribution >= 0.6 is 0 Å². The molecule has 8 heteroatoms. The third-order valence-electron chi connectivity index (χ3n) is 3.79. The summed E-state index contributed by atoms with van der Waals surface area (Å²) in [5, 5.41) is 9.52. The zero-order chi connectivity index (χ0) is 18.4. The van der Waals surface area contributed by atoms with Crippen LogP contribution < -0.4 is 10.6 Å². The summed E-state index contributed by atoms with van der Waals surface area (Å²) in [6.45, 7) is 2.60. The van der Waals surface area contributed by atoms with Crippen LogP contribution in [0.3, 0.4) is 0 Å². The van der Waals surface area contributed by atoms with Crippen LogP contribution in [0.4, 0.5) is 13.2 Å². The van der Waals surface area contributed by atoms with E-state index in [1.165, 1.54) is 18.8 Å². The fraction of sp³-hybridized carbons (Fsp3) is 0.412. The van der Waals surface area contributed by atoms with E-state index < -0.39 is 11.9 Å². The third-order valence-corrected chi connectivity index (χ3v) is 3.79. The highest BCUT2D eigenvalue weighted by atomic mass is 19.4. The molecular weight excluding hydrogens is 331 g/mol. The molecule has 2 N–H and O–H groups in total. The molecule has 5 nitrogen and oxygen atoms in total. The van der Waals surface area contributed by atoms with Gasteiger partial charge in [0.25, 0.3) is 0 Å². The van der Waals surface area contributed by atoms with E-state index in [0.29, 0.717) is 12.5 Å². The normalized spacial score (nSPS) is 12.3. The highest BCUT2D eigenvalue weighted by molar-refractivity contribution is 5.79. The number of halogens is 3. The Kier molecular flexibility index (Phi) is 6.06. The summed E-state index contributed by atoms with van der Waals surface area (Å²) < 4.78 is 40.1. The van der Waals surface area contributed by atoms with Gasteiger partial charge in [-0.2, -0.15) is 18.3 Å². The van der Waals surface area contributed by atoms with Crippen LogP contribution in [0, 0.1) is 0 Å². The standard InChI is InChI=1S/C17H22F3N5/c1-4-12-7-5-6-8-13(12)9-22-16(21-2)23-10-14-11-25(3)24-15(14)17(18,19)20/h5-8,11H,4,9-10H2,1-3H3,(H2,21,22,23). The Balaban J connectivity index is 2.00. The second-order valence-electron chi connectivity index (χ2n) is 5.58. The van der Waals surface area contributed by atoms with Gasteiger partial charge in [0.05, 0.1) is 0 Å². The molecule has 2 rings (SSSR count). The number of guanidine groups is 1. The molecule has 0 unspecified atom stereocenters. The molecule has 0 bridgehead atoms. The van der Waals surface area contributed by atoms with Gasteiger partial charge in [-0.25, -0.2) is 0 Å². The number of nitrogens with one attached hydrogen (secondary N) is 2. The van der Waals surface area contributed by atoms with Crippen molar-refractivity contribution in [2.24, 2.45) is 12.0 Å². The van der Waals surface area contributed by atoms with E-state index in [1.807, 2.05) is 18.2 Å². The molecule has 0 aliphatic rings. The van der Waals surface area contributed by atoms with Crippen molar-refractivity contribution in [1.29, 1.82) is 0 Å². The van der Waals surface area contributed by atoms with Gasteiger partial charge in [-0.05, 0) is 17.5 Å². The first-order chi connectivity index (χ1) is 11.8. The van der Waals surface area contributed by atoms with Gasteiger partial charge in [-0.3, -0.25) is 9.67 Å². The van der Waals surface area contributed by atoms with E-state index in [2.05, 4.69) is 33.7 Å². The fourth-order valence-corrected chi connectivity index (χ4v) is 2.56. The average molecular weight is 353 g/mol. The molecule has 25 heavy (non-hydrogen) atoms. The van der Waals surface area contributed by atoms with Crippen LogP contribution in [0.5, 0.6) is 0 Å². The minimum atomic E-state index is -4.48. The molecule has 0 atom stereocenters. The summed E-state index contributed by atoms with van der Waals surface area (Å²) in [7, 11) is 3.04. The molecule has 0 radical (unpaired) electrons. The van der Waals surface area contributed by atoms with E-state index >= 15 is 0 Å². The molecule has 1 heterocycles. The molecule has 0 amide bonds. The number of alkyl halides is 3. The molecule has 0 fully saturated rings. The number of hydrogen-bond donors (Lipinski definition) is 2. The number of aliphatic imine (C=N–C) groups is 1. The lowest BCUT2D eigenvalue weighted by atomic mass is 10.1. The number of nitrogens with zero attached hydrogens (tertiary/aromatic N) is 3. The van der Waals surface area contributed by atoms with Crippen LogP contribution in [-0.2, 0) is 32.7 Å². The van der Waals surface area contributed by atoms with E-state index in [9.17, 15) is 13.2 Å². The van der Waals surface area contributed by atoms with Crippen molar-refractivity contribution in [3.05, 3.63) is 52.8 Å². The number of benzene rings is 1. The fourth-order valence-electron chi connectivity index (χ4n) is 2.56. The summed E-state index contributed by atoms with van der Waals surface area (Å²) in [5.41, 5.74) is 1.54. The Labute approximate surface area is 145 Å². The second kappa shape index (κ2) is 8.04. The first kappa shape index (κ1) is 18.8. The van der Waals surface area contributed by atoms with Crippen LogP contribution in [0.2, 0.25) is 0 Å². The van der Waals surface area contributed by atoms with E-state index in [4.69, 9.17) is 0 Å². The Morgan fingerprint density at radius 1 is 1.12 bits per heavy atom. The summed E-state index contributed by atoms with van der Waals surface area (Å²) in [5.74, 6) is 0.433. The molecule has 0 aliphatic carbocycles. The van der Waals surface area contributed by atoms with Crippen molar-refractivity contribution in [3.63, 3.8) is 0 Å². The second-order valence-corrected chi connectivity index (χ2v) is 5.58. The predicted molar refractivity (Wildman–Crippen MR) is 91.1 cm³/mol. The number of aromatic nitrogens is 2. The minimum Gasteiger partial charge on any atom is -0.352 e. The lowest BCUT2D eigenvalue weighted by molar-refractivity contribution is -0.142. The largest absolute Gasteiger partial charge is 0.435 e. The summed E-state index contributed by atoms with van der Waals surface area (Å²) in [6, 6.07) is 8.01. The Morgan fingerprint density at radius 2 is 1.72 bits per heavy atom. The lowest BCUT2D eigenvalue weighted by Gasteiger charge is -2.14. The summed E-state index contributed by atoms with van der Waals surface area (Å²) in [4.78, 5) is 4.06. The van der Waals surface area contributed by atoms with E-state index in [-0.39, 0.29) is 12.1 Å². The van der Waals surface area contributed by atoms with Crippen LogP contribution in [0.15, 0.2) is 35.5 Å². The molecular formula is C17H22F3N5. The van der Waals surface area contributed by atoms with Gasteiger partial charge in [0.1, 0.15) is 0 Å². The summed E-state index contributed by atoms with van der Waals surface area (Å²) in [6.07, 6.45) is -2.21. The molecule has 2 aromatic rings. The van der Waals surface area contributed by atoms with E-state index in [1.54, 1.807) is 7.05 Å². The number of hydrogen-bond acceptors (Lipinski definition) is 2. The quantitative estimate of drug-likeness (QED) is 0.642. The molecule has 0 spiro atoms. The van der Waals surface area contributed by atoms with Crippen LogP contribution in [0.1, 0.15) is 29.3 Å². The van der Waals surface area contributed by atoms with Crippen molar-refractivity contribution in [2.45, 2.75) is 32.6 Å². The topological polar surface area (TPSA) is 54.2 Å². The van der Waals surface area contributed by atoms with Gasteiger partial charge < -0.3 is 10.6 Å². The van der Waals surface area contributed by atoms with Crippen molar-refractivity contribution in [3.8, 4) is 0 Å². The van der Waals surface area contributed by atoms with Gasteiger partial charge in [0, 0.05) is 38.9 Å². The SMILES string of the molecule is CCc1ccccc1CNC(=NC)NCc1cn(C)nc1C(F)(F)F. The van der Waals surface area contributed by atoms with Crippen molar-refractivity contribution < 1.29 is 13.2 Å². The highest BCUT2D eigenvalue weighted by Gasteiger charge is 2.36. The van der Waals surface area contributed by atoms with Gasteiger partial charge in [-0.15, -0.1) is 0 Å². The molecule has 1 aromatic carbocycles. The van der Waals surface area contributed by atoms with Crippen molar-refractivity contribution in [1.82, 2.24) is 20.4 Å². The maximum Gasteiger partial charge on any atom is 0.435 e.